The number of aryl methyl sites for hydroxylation is 1. The van der Waals surface area contributed by atoms with Crippen LogP contribution < -0.4 is 10.6 Å². The molecule has 1 aliphatic rings. The number of amides is 1. The normalized spacial score (nSPS) is 15.0. The molecule has 1 atom stereocenters. The fourth-order valence-electron chi connectivity index (χ4n) is 7.86. The summed E-state index contributed by atoms with van der Waals surface area (Å²) >= 11 is 0. The third kappa shape index (κ3) is 6.38. The first-order chi connectivity index (χ1) is 26.0. The average molecular weight is 696 g/mol. The van der Waals surface area contributed by atoms with E-state index in [1.807, 2.05) is 47.1 Å². The number of aromatic nitrogens is 4. The first-order valence-electron chi connectivity index (χ1n) is 18.0. The van der Waals surface area contributed by atoms with Crippen LogP contribution in [0.25, 0.3) is 22.5 Å². The Balaban J connectivity index is 1.14. The Morgan fingerprint density at radius 3 is 1.81 bits per heavy atom. The highest BCUT2D eigenvalue weighted by Gasteiger charge is 2.42. The Kier molecular flexibility index (Phi) is 9.36. The molecule has 8 rings (SSSR count). The van der Waals surface area contributed by atoms with Crippen LogP contribution in [-0.2, 0) is 16.9 Å². The van der Waals surface area contributed by atoms with Crippen molar-refractivity contribution >= 4 is 11.6 Å². The summed E-state index contributed by atoms with van der Waals surface area (Å²) in [6, 6.07) is 56.1. The van der Waals surface area contributed by atoms with Gasteiger partial charge in [0.15, 0.2) is 5.82 Å². The molecular weight excluding hydrogens is 655 g/mol. The first-order valence-corrected chi connectivity index (χ1v) is 18.0. The minimum absolute atomic E-state index is 0.302. The van der Waals surface area contributed by atoms with E-state index in [2.05, 4.69) is 143 Å². The van der Waals surface area contributed by atoms with Crippen molar-refractivity contribution in [1.29, 1.82) is 0 Å². The standard InChI is InChI=1S/C45H41N7O/c1-33-15-11-14-24-41(33)51-30-29-50(42(32-51)43(46)53)31-34-25-27-35(28-26-34)39-22-12-13-23-40(39)44-47-48-49-52(44)45(36-16-5-2-6-17-36,37-18-7-3-8-19-37)38-20-9-4-10-21-38/h2-28,42H,29-32H2,1H3,(H2,46,53). The van der Waals surface area contributed by atoms with E-state index in [4.69, 9.17) is 16.0 Å². The number of nitrogens with two attached hydrogens (primary N) is 1. The highest BCUT2D eigenvalue weighted by molar-refractivity contribution is 5.82. The van der Waals surface area contributed by atoms with Crippen LogP contribution in [0.3, 0.4) is 0 Å². The fourth-order valence-corrected chi connectivity index (χ4v) is 7.86. The van der Waals surface area contributed by atoms with Gasteiger partial charge in [-0.2, -0.15) is 0 Å². The number of hydrogen-bond acceptors (Lipinski definition) is 6. The lowest BCUT2D eigenvalue weighted by molar-refractivity contribution is -0.123. The lowest BCUT2D eigenvalue weighted by Gasteiger charge is -2.41. The Morgan fingerprint density at radius 2 is 1.23 bits per heavy atom. The van der Waals surface area contributed by atoms with Crippen LogP contribution in [0.2, 0.25) is 0 Å². The van der Waals surface area contributed by atoms with E-state index in [0.29, 0.717) is 18.9 Å². The zero-order valence-electron chi connectivity index (χ0n) is 29.7. The third-order valence-electron chi connectivity index (χ3n) is 10.5. The van der Waals surface area contributed by atoms with Crippen LogP contribution in [0.5, 0.6) is 0 Å². The minimum atomic E-state index is -0.861. The van der Waals surface area contributed by atoms with Gasteiger partial charge in [-0.1, -0.05) is 158 Å². The molecule has 0 spiro atoms. The molecular formula is C45H41N7O. The van der Waals surface area contributed by atoms with Gasteiger partial charge in [0.2, 0.25) is 5.91 Å². The Bertz CT molecular complexity index is 2210. The molecule has 1 aromatic heterocycles. The van der Waals surface area contributed by atoms with Crippen molar-refractivity contribution in [3.63, 3.8) is 0 Å². The number of carbonyl (C=O) groups excluding carboxylic acids is 1. The minimum Gasteiger partial charge on any atom is -0.368 e. The van der Waals surface area contributed by atoms with Gasteiger partial charge < -0.3 is 10.6 Å². The zero-order chi connectivity index (χ0) is 36.2. The van der Waals surface area contributed by atoms with Crippen molar-refractivity contribution in [2.45, 2.75) is 25.0 Å². The molecule has 8 heteroatoms. The molecule has 8 nitrogen and oxygen atoms in total. The summed E-state index contributed by atoms with van der Waals surface area (Å²) in [6.45, 7) is 4.86. The number of anilines is 1. The number of rotatable bonds is 10. The topological polar surface area (TPSA) is 93.2 Å². The summed E-state index contributed by atoms with van der Waals surface area (Å²) in [4.78, 5) is 17.2. The maximum Gasteiger partial charge on any atom is 0.236 e. The van der Waals surface area contributed by atoms with Gasteiger partial charge in [-0.25, -0.2) is 4.68 Å². The first kappa shape index (κ1) is 33.7. The van der Waals surface area contributed by atoms with Gasteiger partial charge in [-0.3, -0.25) is 9.69 Å². The van der Waals surface area contributed by atoms with E-state index in [-0.39, 0.29) is 11.9 Å². The maximum atomic E-state index is 12.7. The summed E-state index contributed by atoms with van der Waals surface area (Å²) in [5, 5.41) is 13.8. The quantitative estimate of drug-likeness (QED) is 0.151. The predicted molar refractivity (Wildman–Crippen MR) is 210 cm³/mol. The molecule has 0 aliphatic carbocycles. The molecule has 2 N–H and O–H groups in total. The molecule has 53 heavy (non-hydrogen) atoms. The van der Waals surface area contributed by atoms with Crippen molar-refractivity contribution in [1.82, 2.24) is 25.1 Å². The van der Waals surface area contributed by atoms with Gasteiger partial charge in [-0.05, 0) is 62.4 Å². The molecule has 1 aliphatic heterocycles. The van der Waals surface area contributed by atoms with E-state index in [0.717, 1.165) is 57.7 Å². The largest absolute Gasteiger partial charge is 0.368 e. The highest BCUT2D eigenvalue weighted by Crippen LogP contribution is 2.43. The van der Waals surface area contributed by atoms with Gasteiger partial charge in [0.1, 0.15) is 11.6 Å². The van der Waals surface area contributed by atoms with Crippen LogP contribution in [0, 0.1) is 6.92 Å². The summed E-state index contributed by atoms with van der Waals surface area (Å²) < 4.78 is 1.97. The molecule has 262 valence electrons. The second-order valence-corrected chi connectivity index (χ2v) is 13.6. The number of benzene rings is 6. The molecule has 0 radical (unpaired) electrons. The van der Waals surface area contributed by atoms with Gasteiger partial charge in [-0.15, -0.1) is 5.10 Å². The van der Waals surface area contributed by atoms with Crippen LogP contribution in [0.1, 0.15) is 27.8 Å². The molecule has 1 saturated heterocycles. The van der Waals surface area contributed by atoms with Gasteiger partial charge >= 0.3 is 0 Å². The van der Waals surface area contributed by atoms with Crippen LogP contribution in [0.4, 0.5) is 5.69 Å². The van der Waals surface area contributed by atoms with Crippen LogP contribution in [0.15, 0.2) is 164 Å². The van der Waals surface area contributed by atoms with Crippen molar-refractivity contribution in [2.24, 2.45) is 5.73 Å². The third-order valence-corrected chi connectivity index (χ3v) is 10.5. The predicted octanol–water partition coefficient (Wildman–Crippen LogP) is 7.33. The van der Waals surface area contributed by atoms with Crippen molar-refractivity contribution in [2.75, 3.05) is 24.5 Å². The van der Waals surface area contributed by atoms with Crippen molar-refractivity contribution in [3.05, 3.63) is 192 Å². The van der Waals surface area contributed by atoms with E-state index < -0.39 is 5.54 Å². The lowest BCUT2D eigenvalue weighted by Crippen LogP contribution is -2.58. The summed E-state index contributed by atoms with van der Waals surface area (Å²) in [5.74, 6) is 0.348. The monoisotopic (exact) mass is 695 g/mol. The second kappa shape index (κ2) is 14.7. The van der Waals surface area contributed by atoms with Crippen molar-refractivity contribution < 1.29 is 4.79 Å². The summed E-state index contributed by atoms with van der Waals surface area (Å²) in [6.07, 6.45) is 0. The number of primary amides is 1. The van der Waals surface area contributed by atoms with Crippen LogP contribution in [-0.4, -0.2) is 56.7 Å². The van der Waals surface area contributed by atoms with Gasteiger partial charge in [0, 0.05) is 37.4 Å². The number of para-hydroxylation sites is 1. The van der Waals surface area contributed by atoms with Gasteiger partial charge in [0.25, 0.3) is 0 Å². The van der Waals surface area contributed by atoms with E-state index >= 15 is 0 Å². The molecule has 0 saturated carbocycles. The Morgan fingerprint density at radius 1 is 0.679 bits per heavy atom. The SMILES string of the molecule is Cc1ccccc1N1CCN(Cc2ccc(-c3ccccc3-c3nnnn3C(c3ccccc3)(c3ccccc3)c3ccccc3)cc2)C(C(N)=O)C1. The van der Waals surface area contributed by atoms with E-state index in [1.54, 1.807) is 0 Å². The second-order valence-electron chi connectivity index (χ2n) is 13.6. The average Bonchev–Trinajstić information content (AvgIpc) is 3.70. The smallest absolute Gasteiger partial charge is 0.236 e. The Labute approximate surface area is 310 Å². The van der Waals surface area contributed by atoms with Crippen LogP contribution >= 0.6 is 0 Å². The van der Waals surface area contributed by atoms with E-state index in [9.17, 15) is 4.79 Å². The zero-order valence-corrected chi connectivity index (χ0v) is 29.7. The maximum absolute atomic E-state index is 12.7. The van der Waals surface area contributed by atoms with Gasteiger partial charge in [0.05, 0.1) is 0 Å². The lowest BCUT2D eigenvalue weighted by atomic mass is 9.77. The molecule has 1 unspecified atom stereocenters. The molecule has 2 heterocycles. The Hall–Kier alpha value is -6.38. The summed E-state index contributed by atoms with van der Waals surface area (Å²) in [5.41, 5.74) is 14.7. The number of hydrogen-bond donors (Lipinski definition) is 1. The molecule has 7 aromatic rings. The number of piperazine rings is 1. The molecule has 1 fully saturated rings. The number of carbonyl (C=O) groups is 1. The fraction of sp³-hybridized carbons (Fsp3) is 0.156. The number of tetrazole rings is 1. The summed E-state index contributed by atoms with van der Waals surface area (Å²) in [7, 11) is 0. The molecule has 6 aromatic carbocycles. The number of nitrogens with zero attached hydrogens (tertiary/aromatic N) is 6. The molecule has 1 amide bonds. The van der Waals surface area contributed by atoms with E-state index in [1.165, 1.54) is 5.56 Å². The molecule has 0 bridgehead atoms. The highest BCUT2D eigenvalue weighted by atomic mass is 16.1. The van der Waals surface area contributed by atoms with Crippen molar-refractivity contribution in [3.8, 4) is 22.5 Å².